The Morgan fingerprint density at radius 2 is 1.42 bits per heavy atom. The monoisotopic (exact) mass is 457 g/mol. The molecule has 0 N–H and O–H groups in total. The largest absolute Gasteiger partial charge is 0.264 e. The Bertz CT molecular complexity index is 1720. The lowest BCUT2D eigenvalue weighted by atomic mass is 9.73. The van der Waals surface area contributed by atoms with E-state index in [0.29, 0.717) is 0 Å². The van der Waals surface area contributed by atoms with Crippen molar-refractivity contribution < 1.29 is 0 Å². The van der Waals surface area contributed by atoms with E-state index in [9.17, 15) is 0 Å². The summed E-state index contributed by atoms with van der Waals surface area (Å²) < 4.78 is 0. The van der Waals surface area contributed by atoms with Crippen LogP contribution in [0, 0.1) is 12.3 Å². The molecule has 4 aromatic carbocycles. The number of hydrogen-bond donors (Lipinski definition) is 0. The van der Waals surface area contributed by atoms with Crippen molar-refractivity contribution in [2.75, 3.05) is 0 Å². The van der Waals surface area contributed by atoms with Gasteiger partial charge in [-0.15, -0.1) is 6.42 Å². The highest BCUT2D eigenvalue weighted by atomic mass is 14.6. The second kappa shape index (κ2) is 7.94. The molecular weight excluding hydrogens is 434 g/mol. The Morgan fingerprint density at radius 1 is 0.750 bits per heavy atom. The van der Waals surface area contributed by atoms with Crippen LogP contribution < -0.4 is 0 Å². The molecule has 168 valence electrons. The summed E-state index contributed by atoms with van der Waals surface area (Å²) in [5.74, 6) is 2.70. The van der Waals surface area contributed by atoms with Crippen molar-refractivity contribution in [2.45, 2.75) is 11.8 Å². The Hall–Kier alpha value is -4.67. The van der Waals surface area contributed by atoms with Gasteiger partial charge in [0.05, 0.1) is 5.41 Å². The van der Waals surface area contributed by atoms with E-state index in [-0.39, 0.29) is 5.41 Å². The van der Waals surface area contributed by atoms with E-state index < -0.39 is 0 Å². The van der Waals surface area contributed by atoms with E-state index in [4.69, 9.17) is 6.42 Å². The molecular formula is C35H23N. The Morgan fingerprint density at radius 3 is 2.08 bits per heavy atom. The van der Waals surface area contributed by atoms with Gasteiger partial charge in [0.1, 0.15) is 0 Å². The molecule has 0 fully saturated rings. The summed E-state index contributed by atoms with van der Waals surface area (Å²) >= 11 is 0. The maximum absolute atomic E-state index is 5.69. The third-order valence-corrected chi connectivity index (χ3v) is 7.82. The lowest BCUT2D eigenvalue weighted by Gasteiger charge is -2.28. The van der Waals surface area contributed by atoms with Gasteiger partial charge in [0.2, 0.25) is 0 Å². The molecule has 1 spiro atoms. The summed E-state index contributed by atoms with van der Waals surface area (Å²) in [6, 6.07) is 35.4. The fourth-order valence-corrected chi connectivity index (χ4v) is 6.37. The number of rotatable bonds is 2. The SMILES string of the molecule is C#C/C=C\C(=C1/CC2(c3cc4ccccc4cc31)c1ccccc1-c1ccccc12)c1cccnc1. The molecule has 0 bridgehead atoms. The van der Waals surface area contributed by atoms with Gasteiger partial charge in [-0.2, -0.15) is 0 Å². The van der Waals surface area contributed by atoms with E-state index in [1.807, 2.05) is 18.5 Å². The maximum atomic E-state index is 5.69. The molecule has 0 unspecified atom stereocenters. The molecule has 1 aromatic heterocycles. The molecule has 36 heavy (non-hydrogen) atoms. The van der Waals surface area contributed by atoms with Gasteiger partial charge in [-0.25, -0.2) is 0 Å². The highest BCUT2D eigenvalue weighted by Gasteiger charge is 2.50. The van der Waals surface area contributed by atoms with Crippen molar-refractivity contribution in [3.63, 3.8) is 0 Å². The van der Waals surface area contributed by atoms with E-state index in [2.05, 4.69) is 108 Å². The zero-order valence-corrected chi connectivity index (χ0v) is 19.8. The van der Waals surface area contributed by atoms with Crippen molar-refractivity contribution in [3.8, 4) is 23.5 Å². The van der Waals surface area contributed by atoms with Crippen molar-refractivity contribution in [2.24, 2.45) is 0 Å². The van der Waals surface area contributed by atoms with Gasteiger partial charge in [0, 0.05) is 18.0 Å². The lowest BCUT2D eigenvalue weighted by molar-refractivity contribution is 0.682. The van der Waals surface area contributed by atoms with Gasteiger partial charge in [0.25, 0.3) is 0 Å². The summed E-state index contributed by atoms with van der Waals surface area (Å²) in [5, 5.41) is 2.51. The quantitative estimate of drug-likeness (QED) is 0.244. The maximum Gasteiger partial charge on any atom is 0.0510 e. The first-order valence-electron chi connectivity index (χ1n) is 12.3. The fraction of sp³-hybridized carbons (Fsp3) is 0.0571. The predicted octanol–water partition coefficient (Wildman–Crippen LogP) is 8.05. The van der Waals surface area contributed by atoms with Gasteiger partial charge in [0.15, 0.2) is 0 Å². The first-order chi connectivity index (χ1) is 17.8. The molecule has 0 amide bonds. The minimum Gasteiger partial charge on any atom is -0.264 e. The van der Waals surface area contributed by atoms with Crippen LogP contribution in [-0.4, -0.2) is 4.98 Å². The van der Waals surface area contributed by atoms with Crippen LogP contribution in [-0.2, 0) is 5.41 Å². The molecule has 0 aliphatic heterocycles. The molecule has 0 saturated carbocycles. The van der Waals surface area contributed by atoms with Gasteiger partial charge in [-0.3, -0.25) is 4.98 Å². The number of benzene rings is 4. The Labute approximate surface area is 211 Å². The average Bonchev–Trinajstić information content (AvgIpc) is 3.42. The highest BCUT2D eigenvalue weighted by Crippen LogP contribution is 2.62. The normalized spacial score (nSPS) is 16.1. The third-order valence-electron chi connectivity index (χ3n) is 7.82. The molecule has 0 saturated heterocycles. The minimum atomic E-state index is -0.251. The van der Waals surface area contributed by atoms with Crippen molar-refractivity contribution in [1.29, 1.82) is 0 Å². The molecule has 1 heteroatoms. The molecule has 0 atom stereocenters. The molecule has 5 aromatic rings. The highest BCUT2D eigenvalue weighted by molar-refractivity contribution is 6.04. The zero-order valence-electron chi connectivity index (χ0n) is 19.8. The third kappa shape index (κ3) is 2.82. The first-order valence-corrected chi connectivity index (χ1v) is 12.3. The number of aromatic nitrogens is 1. The van der Waals surface area contributed by atoms with Gasteiger partial charge < -0.3 is 0 Å². The van der Waals surface area contributed by atoms with Crippen molar-refractivity contribution in [3.05, 3.63) is 149 Å². The number of terminal acetylenes is 1. The molecule has 7 rings (SSSR count). The Kier molecular flexibility index (Phi) is 4.56. The number of hydrogen-bond acceptors (Lipinski definition) is 1. The zero-order chi connectivity index (χ0) is 24.1. The van der Waals surface area contributed by atoms with Crippen molar-refractivity contribution >= 4 is 21.9 Å². The number of pyridine rings is 1. The number of allylic oxidation sites excluding steroid dienone is 4. The lowest BCUT2D eigenvalue weighted by Crippen LogP contribution is -2.23. The van der Waals surface area contributed by atoms with Crippen LogP contribution >= 0.6 is 0 Å². The van der Waals surface area contributed by atoms with Crippen LogP contribution in [0.5, 0.6) is 0 Å². The summed E-state index contributed by atoms with van der Waals surface area (Å²) in [7, 11) is 0. The fourth-order valence-electron chi connectivity index (χ4n) is 6.37. The summed E-state index contributed by atoms with van der Waals surface area (Å²) in [6.07, 6.45) is 14.2. The number of nitrogens with zero attached hydrogens (tertiary/aromatic N) is 1. The van der Waals surface area contributed by atoms with Crippen LogP contribution in [0.4, 0.5) is 0 Å². The van der Waals surface area contributed by atoms with Crippen LogP contribution in [0.1, 0.15) is 34.2 Å². The van der Waals surface area contributed by atoms with E-state index in [0.717, 1.165) is 17.6 Å². The van der Waals surface area contributed by atoms with E-state index >= 15 is 0 Å². The van der Waals surface area contributed by atoms with Crippen LogP contribution in [0.15, 0.2) is 122 Å². The standard InChI is InChI=1S/C35H23N/c1-2-3-14-27(26-13-10-19-36-23-26)31-22-35(34-21-25-12-5-4-11-24(25)20-30(31)34)32-17-8-6-15-28(32)29-16-7-9-18-33(29)35/h1,3-21,23H,22H2/b14-3-,31-27-. The predicted molar refractivity (Wildman–Crippen MR) is 149 cm³/mol. The summed E-state index contributed by atoms with van der Waals surface area (Å²) in [5.41, 5.74) is 11.3. The van der Waals surface area contributed by atoms with Gasteiger partial charge in [-0.1, -0.05) is 84.8 Å². The smallest absolute Gasteiger partial charge is 0.0510 e. The minimum absolute atomic E-state index is 0.251. The summed E-state index contributed by atoms with van der Waals surface area (Å²) in [6.45, 7) is 0. The Balaban J connectivity index is 1.64. The number of fused-ring (bicyclic) bond motifs is 8. The second-order valence-corrected chi connectivity index (χ2v) is 9.55. The molecule has 1 nitrogen and oxygen atoms in total. The molecule has 2 aliphatic rings. The van der Waals surface area contributed by atoms with Crippen LogP contribution in [0.2, 0.25) is 0 Å². The second-order valence-electron chi connectivity index (χ2n) is 9.55. The molecule has 1 heterocycles. The van der Waals surface area contributed by atoms with Gasteiger partial charge >= 0.3 is 0 Å². The van der Waals surface area contributed by atoms with Gasteiger partial charge in [-0.05, 0) is 92.1 Å². The van der Waals surface area contributed by atoms with Crippen molar-refractivity contribution in [1.82, 2.24) is 4.98 Å². The van der Waals surface area contributed by atoms with E-state index in [1.165, 1.54) is 49.7 Å². The summed E-state index contributed by atoms with van der Waals surface area (Å²) in [4.78, 5) is 4.43. The topological polar surface area (TPSA) is 12.9 Å². The van der Waals surface area contributed by atoms with Crippen LogP contribution in [0.3, 0.4) is 0 Å². The average molecular weight is 458 g/mol. The first kappa shape index (κ1) is 20.7. The molecule has 0 radical (unpaired) electrons. The molecule has 2 aliphatic carbocycles. The van der Waals surface area contributed by atoms with E-state index in [1.54, 1.807) is 6.08 Å². The van der Waals surface area contributed by atoms with Crippen LogP contribution in [0.25, 0.3) is 33.0 Å².